The fraction of sp³-hybridized carbons (Fsp3) is 0.426. The summed E-state index contributed by atoms with van der Waals surface area (Å²) >= 11 is 6.39. The van der Waals surface area contributed by atoms with Crippen LogP contribution in [0.1, 0.15) is 77.4 Å². The normalized spacial score (nSPS) is 21.6. The Morgan fingerprint density at radius 1 is 0.908 bits per heavy atom. The Labute approximate surface area is 379 Å². The Morgan fingerprint density at radius 3 is 2.42 bits per heavy atom. The Morgan fingerprint density at radius 2 is 1.69 bits per heavy atom. The minimum absolute atomic E-state index is 0.105. The van der Waals surface area contributed by atoms with Gasteiger partial charge < -0.3 is 20.4 Å². The van der Waals surface area contributed by atoms with E-state index in [4.69, 9.17) is 21.7 Å². The van der Waals surface area contributed by atoms with Crippen molar-refractivity contribution < 1.29 is 28.0 Å². The molecule has 3 aromatic heterocycles. The number of benzene rings is 2. The highest BCUT2D eigenvalue weighted by Crippen LogP contribution is 2.51. The van der Waals surface area contributed by atoms with E-state index in [2.05, 4.69) is 44.9 Å². The fourth-order valence-electron chi connectivity index (χ4n) is 10.4. The van der Waals surface area contributed by atoms with Crippen molar-refractivity contribution in [1.82, 2.24) is 40.0 Å². The molecule has 0 unspecified atom stereocenters. The van der Waals surface area contributed by atoms with Gasteiger partial charge in [0.25, 0.3) is 17.7 Å². The van der Waals surface area contributed by atoms with Gasteiger partial charge in [0.05, 0.1) is 34.8 Å². The van der Waals surface area contributed by atoms with E-state index < -0.39 is 17.4 Å². The van der Waals surface area contributed by atoms with Gasteiger partial charge in [0.15, 0.2) is 17.2 Å². The van der Waals surface area contributed by atoms with Crippen LogP contribution in [0.3, 0.4) is 0 Å². The quantitative estimate of drug-likeness (QED) is 0.142. The highest BCUT2D eigenvalue weighted by Gasteiger charge is 2.57. The molecule has 0 atom stereocenters. The molecule has 1 spiro atoms. The maximum Gasteiger partial charge on any atom is 0.328 e. The van der Waals surface area contributed by atoms with Crippen LogP contribution in [-0.4, -0.2) is 111 Å². The summed E-state index contributed by atoms with van der Waals surface area (Å²) in [4.78, 5) is 67.3. The number of aromatic nitrogens is 4. The molecule has 5 aliphatic rings. The molecule has 1 saturated carbocycles. The molecule has 3 N–H and O–H groups in total. The second-order valence-electron chi connectivity index (χ2n) is 18.2. The molecule has 7 heterocycles. The fourth-order valence-corrected chi connectivity index (χ4v) is 10.6. The first kappa shape index (κ1) is 42.7. The number of nitrogens with one attached hydrogen (secondary N) is 3. The number of imidazole rings is 1. The van der Waals surface area contributed by atoms with E-state index in [0.29, 0.717) is 60.4 Å². The van der Waals surface area contributed by atoms with Crippen LogP contribution in [0.4, 0.5) is 36.5 Å². The van der Waals surface area contributed by atoms with Crippen LogP contribution in [0.25, 0.3) is 16.9 Å². The van der Waals surface area contributed by atoms with Gasteiger partial charge in [0.1, 0.15) is 0 Å². The van der Waals surface area contributed by atoms with E-state index >= 15 is 8.78 Å². The van der Waals surface area contributed by atoms with Crippen molar-refractivity contribution in [3.63, 3.8) is 0 Å². The van der Waals surface area contributed by atoms with Gasteiger partial charge in [-0.15, -0.1) is 5.10 Å². The summed E-state index contributed by atoms with van der Waals surface area (Å²) in [6, 6.07) is 16.2. The van der Waals surface area contributed by atoms with Crippen LogP contribution in [0.15, 0.2) is 67.0 Å². The van der Waals surface area contributed by atoms with E-state index in [-0.39, 0.29) is 74.2 Å². The van der Waals surface area contributed by atoms with Gasteiger partial charge in [-0.05, 0) is 92.4 Å². The number of likely N-dealkylation sites (tertiary alicyclic amines) is 2. The van der Waals surface area contributed by atoms with Crippen LogP contribution in [0.2, 0.25) is 5.02 Å². The summed E-state index contributed by atoms with van der Waals surface area (Å²) in [5, 5.41) is 13.8. The molecule has 1 aliphatic carbocycles. The maximum atomic E-state index is 16.2. The van der Waals surface area contributed by atoms with Gasteiger partial charge in [-0.25, -0.2) is 23.1 Å². The average molecular weight is 906 g/mol. The number of hydrogen-bond acceptors (Lipinski definition) is 10. The third-order valence-electron chi connectivity index (χ3n) is 14.1. The number of urea groups is 1. The minimum Gasteiger partial charge on any atom is -0.385 e. The Bertz CT molecular complexity index is 2720. The number of halogens is 3. The number of nitrogens with zero attached hydrogens (tertiary/aromatic N) is 8. The number of hydrogen-bond donors (Lipinski definition) is 3. The zero-order valence-corrected chi connectivity index (χ0v) is 37.0. The molecule has 4 aliphatic heterocycles. The number of fused-ring (bicyclic) bond motifs is 2. The summed E-state index contributed by atoms with van der Waals surface area (Å²) in [5.74, 6) is -2.57. The van der Waals surface area contributed by atoms with Crippen molar-refractivity contribution in [3.8, 4) is 11.3 Å². The largest absolute Gasteiger partial charge is 0.385 e. The van der Waals surface area contributed by atoms with Gasteiger partial charge in [-0.1, -0.05) is 36.7 Å². The lowest BCUT2D eigenvalue weighted by molar-refractivity contribution is -0.186. The van der Waals surface area contributed by atoms with Gasteiger partial charge >= 0.3 is 6.03 Å². The third-order valence-corrected chi connectivity index (χ3v) is 14.4. The maximum absolute atomic E-state index is 16.2. The molecule has 3 saturated heterocycles. The molecule has 5 aromatic rings. The van der Waals surface area contributed by atoms with Crippen molar-refractivity contribution in [3.05, 3.63) is 94.4 Å². The summed E-state index contributed by atoms with van der Waals surface area (Å²) in [5.41, 5.74) is 5.85. The number of imide groups is 1. The number of carbonyl (C=O) groups is 4. The molecule has 15 nitrogen and oxygen atoms in total. The number of amides is 5. The second kappa shape index (κ2) is 16.7. The molecule has 18 heteroatoms. The number of carbonyl (C=O) groups excluding carboxylic acids is 4. The van der Waals surface area contributed by atoms with Crippen LogP contribution < -0.4 is 25.8 Å². The first-order chi connectivity index (χ1) is 31.3. The topological polar surface area (TPSA) is 160 Å². The highest BCUT2D eigenvalue weighted by atomic mass is 35.5. The lowest BCUT2D eigenvalue weighted by Crippen LogP contribution is -2.59. The average Bonchev–Trinajstić information content (AvgIpc) is 3.93. The molecule has 5 amide bonds. The van der Waals surface area contributed by atoms with Crippen LogP contribution in [0.5, 0.6) is 0 Å². The van der Waals surface area contributed by atoms with Gasteiger partial charge in [-0.3, -0.25) is 34.5 Å². The third kappa shape index (κ3) is 7.81. The van der Waals surface area contributed by atoms with E-state index in [1.165, 1.54) is 17.0 Å². The number of alkyl halides is 2. The minimum atomic E-state index is -2.97. The van der Waals surface area contributed by atoms with Crippen LogP contribution >= 0.6 is 11.6 Å². The molecule has 338 valence electrons. The van der Waals surface area contributed by atoms with Crippen LogP contribution in [0, 0.1) is 11.3 Å². The van der Waals surface area contributed by atoms with Gasteiger partial charge in [-0.2, -0.15) is 0 Å². The molecule has 2 aromatic carbocycles. The summed E-state index contributed by atoms with van der Waals surface area (Å²) in [6.07, 6.45) is 6.79. The zero-order chi connectivity index (χ0) is 45.2. The Balaban J connectivity index is 0.781. The SMILES string of the molecule is CNc1cc(N2CCc3c(-c4ccc(CN5CCC6(CCN(C(=O)c7ccc(Cl)c(N8CCC(=O)NC8=O)c7)CC6)C(F)(F)C5)cn4)cccc32)nn2c(C(=O)NC3CC(C)C3)cnc12. The standard InChI is InChI=1S/C47H50ClF2N11O4/c1-28-20-31(21-28)54-43(63)39-25-53-42-36(51-2)23-40(56-61(39)42)59-15-10-33-32(4-3-5-37(33)59)35-9-6-29(24-52-35)26-57-17-12-46(47(49,50)27-57)13-18-58(19-14-46)44(64)30-7-8-34(48)38(22-30)60-16-11-41(62)55-45(60)65/h3-9,22-25,28,31,51H,10-21,26-27H2,1-2H3,(H,54,63)(H,55,62,65). The lowest BCUT2D eigenvalue weighted by atomic mass is 9.68. The molecule has 0 radical (unpaired) electrons. The van der Waals surface area contributed by atoms with Crippen molar-refractivity contribution in [2.75, 3.05) is 61.4 Å². The van der Waals surface area contributed by atoms with E-state index in [1.807, 2.05) is 31.3 Å². The van der Waals surface area contributed by atoms with Crippen molar-refractivity contribution in [2.24, 2.45) is 11.3 Å². The second-order valence-corrected chi connectivity index (χ2v) is 18.6. The first-order valence-electron chi connectivity index (χ1n) is 22.3. The molecule has 0 bridgehead atoms. The van der Waals surface area contributed by atoms with Crippen molar-refractivity contribution in [1.29, 1.82) is 0 Å². The van der Waals surface area contributed by atoms with Crippen molar-refractivity contribution in [2.45, 2.75) is 70.4 Å². The highest BCUT2D eigenvalue weighted by molar-refractivity contribution is 6.34. The van der Waals surface area contributed by atoms with Gasteiger partial charge in [0.2, 0.25) is 5.91 Å². The molecule has 65 heavy (non-hydrogen) atoms. The number of rotatable bonds is 9. The number of anilines is 4. The summed E-state index contributed by atoms with van der Waals surface area (Å²) in [6.45, 7) is 3.80. The predicted octanol–water partition coefficient (Wildman–Crippen LogP) is 6.92. The van der Waals surface area contributed by atoms with Crippen molar-refractivity contribution >= 4 is 63.9 Å². The summed E-state index contributed by atoms with van der Waals surface area (Å²) in [7, 11) is 1.82. The monoisotopic (exact) mass is 905 g/mol. The summed E-state index contributed by atoms with van der Waals surface area (Å²) < 4.78 is 34.1. The predicted molar refractivity (Wildman–Crippen MR) is 242 cm³/mol. The van der Waals surface area contributed by atoms with E-state index in [0.717, 1.165) is 53.0 Å². The Hall–Kier alpha value is -6.20. The zero-order valence-electron chi connectivity index (χ0n) is 36.2. The van der Waals surface area contributed by atoms with Gasteiger partial charge in [0, 0.05) is 86.7 Å². The number of piperidine rings is 2. The van der Waals surface area contributed by atoms with Crippen LogP contribution in [-0.2, 0) is 17.8 Å². The molecular weight excluding hydrogens is 856 g/mol. The molecular formula is C47H50ClF2N11O4. The molecule has 4 fully saturated rings. The molecule has 10 rings (SSSR count). The smallest absolute Gasteiger partial charge is 0.328 e. The first-order valence-corrected chi connectivity index (χ1v) is 22.7. The number of pyridine rings is 1. The lowest BCUT2D eigenvalue weighted by Gasteiger charge is -2.51. The van der Waals surface area contributed by atoms with E-state index in [1.54, 1.807) is 32.8 Å². The Kier molecular flexibility index (Phi) is 11.0. The van der Waals surface area contributed by atoms with E-state index in [9.17, 15) is 19.2 Å².